The van der Waals surface area contributed by atoms with Crippen LogP contribution in [0.3, 0.4) is 0 Å². The van der Waals surface area contributed by atoms with Crippen molar-refractivity contribution in [2.45, 2.75) is 18.2 Å². The van der Waals surface area contributed by atoms with E-state index in [0.717, 1.165) is 32.1 Å². The van der Waals surface area contributed by atoms with Crippen molar-refractivity contribution >= 4 is 27.3 Å². The van der Waals surface area contributed by atoms with E-state index in [2.05, 4.69) is 16.5 Å². The molecular formula is C13H19ClFN3O2S. The van der Waals surface area contributed by atoms with E-state index in [-0.39, 0.29) is 23.2 Å². The van der Waals surface area contributed by atoms with Crippen molar-refractivity contribution in [3.05, 3.63) is 23.0 Å². The second-order valence-corrected chi connectivity index (χ2v) is 7.36. The normalized spacial score (nSPS) is 20.0. The van der Waals surface area contributed by atoms with E-state index in [1.807, 2.05) is 0 Å². The van der Waals surface area contributed by atoms with Crippen molar-refractivity contribution in [3.63, 3.8) is 0 Å². The van der Waals surface area contributed by atoms with Crippen molar-refractivity contribution in [2.75, 3.05) is 31.9 Å². The third kappa shape index (κ3) is 3.85. The molecule has 8 heteroatoms. The number of likely N-dealkylation sites (tertiary alicyclic amines) is 1. The van der Waals surface area contributed by atoms with Crippen molar-refractivity contribution < 1.29 is 12.8 Å². The summed E-state index contributed by atoms with van der Waals surface area (Å²) in [5.74, 6) is -0.737. The third-order valence-corrected chi connectivity index (χ3v) is 5.38. The molecule has 5 nitrogen and oxygen atoms in total. The zero-order valence-corrected chi connectivity index (χ0v) is 13.3. The lowest BCUT2D eigenvalue weighted by Crippen LogP contribution is -2.31. The Morgan fingerprint density at radius 1 is 1.52 bits per heavy atom. The summed E-state index contributed by atoms with van der Waals surface area (Å²) < 4.78 is 40.7. The molecule has 1 aliphatic rings. The Hall–Kier alpha value is -0.890. The maximum atomic E-state index is 13.9. The molecular weight excluding hydrogens is 317 g/mol. The number of nitrogen functional groups attached to an aromatic ring is 1. The first kappa shape index (κ1) is 16.5. The van der Waals surface area contributed by atoms with Crippen LogP contribution in [0.15, 0.2) is 17.0 Å². The lowest BCUT2D eigenvalue weighted by molar-refractivity contribution is 0.342. The number of nitrogens with two attached hydrogens (primary N) is 1. The summed E-state index contributed by atoms with van der Waals surface area (Å²) in [6.45, 7) is 5.10. The van der Waals surface area contributed by atoms with Gasteiger partial charge in [-0.1, -0.05) is 18.5 Å². The van der Waals surface area contributed by atoms with Crippen molar-refractivity contribution in [1.82, 2.24) is 9.62 Å². The minimum absolute atomic E-state index is 0.111. The van der Waals surface area contributed by atoms with Crippen LogP contribution in [0.5, 0.6) is 0 Å². The third-order valence-electron chi connectivity index (χ3n) is 3.69. The van der Waals surface area contributed by atoms with Gasteiger partial charge in [0.15, 0.2) is 5.82 Å². The average Bonchev–Trinajstić information content (AvgIpc) is 2.88. The molecule has 1 atom stereocenters. The van der Waals surface area contributed by atoms with Crippen LogP contribution in [0.25, 0.3) is 0 Å². The second-order valence-electron chi connectivity index (χ2n) is 5.21. The Balaban J connectivity index is 2.09. The van der Waals surface area contributed by atoms with Gasteiger partial charge in [0.2, 0.25) is 10.0 Å². The zero-order chi connectivity index (χ0) is 15.6. The van der Waals surface area contributed by atoms with Gasteiger partial charge in [-0.05, 0) is 37.6 Å². The predicted molar refractivity (Wildman–Crippen MR) is 81.2 cm³/mol. The summed E-state index contributed by atoms with van der Waals surface area (Å²) in [6, 6.07) is 2.27. The highest BCUT2D eigenvalue weighted by molar-refractivity contribution is 7.89. The molecule has 0 saturated carbocycles. The quantitative estimate of drug-likeness (QED) is 0.803. The van der Waals surface area contributed by atoms with Gasteiger partial charge < -0.3 is 10.6 Å². The van der Waals surface area contributed by atoms with Gasteiger partial charge in [0.1, 0.15) is 4.90 Å². The van der Waals surface area contributed by atoms with Crippen LogP contribution in [0.4, 0.5) is 10.1 Å². The van der Waals surface area contributed by atoms with E-state index in [1.54, 1.807) is 0 Å². The molecule has 0 bridgehead atoms. The predicted octanol–water partition coefficient (Wildman–Crippen LogP) is 1.68. The Kier molecular flexibility index (Phi) is 5.08. The maximum absolute atomic E-state index is 13.9. The van der Waals surface area contributed by atoms with Gasteiger partial charge in [0.25, 0.3) is 0 Å². The second kappa shape index (κ2) is 6.48. The molecule has 0 aliphatic carbocycles. The summed E-state index contributed by atoms with van der Waals surface area (Å²) in [4.78, 5) is 1.74. The topological polar surface area (TPSA) is 75.4 Å². The first-order chi connectivity index (χ1) is 9.83. The fourth-order valence-electron chi connectivity index (χ4n) is 2.45. The molecule has 0 radical (unpaired) electrons. The lowest BCUT2D eigenvalue weighted by Gasteiger charge is -2.14. The van der Waals surface area contributed by atoms with Gasteiger partial charge >= 0.3 is 0 Å². The van der Waals surface area contributed by atoms with Crippen molar-refractivity contribution in [1.29, 1.82) is 0 Å². The number of anilines is 1. The number of sulfonamides is 1. The van der Waals surface area contributed by atoms with E-state index >= 15 is 0 Å². The van der Waals surface area contributed by atoms with Crippen LogP contribution in [0.1, 0.15) is 13.3 Å². The van der Waals surface area contributed by atoms with E-state index in [4.69, 9.17) is 17.3 Å². The van der Waals surface area contributed by atoms with Gasteiger partial charge in [-0.25, -0.2) is 17.5 Å². The Labute approximate surface area is 129 Å². The van der Waals surface area contributed by atoms with E-state index in [9.17, 15) is 12.8 Å². The van der Waals surface area contributed by atoms with Gasteiger partial charge in [-0.2, -0.15) is 0 Å². The molecule has 0 aromatic heterocycles. The van der Waals surface area contributed by atoms with Crippen LogP contribution < -0.4 is 10.5 Å². The van der Waals surface area contributed by atoms with Crippen LogP contribution in [-0.4, -0.2) is 39.5 Å². The molecule has 0 spiro atoms. The van der Waals surface area contributed by atoms with Gasteiger partial charge in [-0.3, -0.25) is 0 Å². The molecule has 0 amide bonds. The van der Waals surface area contributed by atoms with Crippen molar-refractivity contribution in [2.24, 2.45) is 5.92 Å². The van der Waals surface area contributed by atoms with Crippen molar-refractivity contribution in [3.8, 4) is 0 Å². The highest BCUT2D eigenvalue weighted by atomic mass is 35.5. The number of hydrogen-bond donors (Lipinski definition) is 2. The van der Waals surface area contributed by atoms with Crippen LogP contribution in [-0.2, 0) is 10.0 Å². The summed E-state index contributed by atoms with van der Waals surface area (Å²) in [5.41, 5.74) is 5.64. The highest BCUT2D eigenvalue weighted by Crippen LogP contribution is 2.26. The maximum Gasteiger partial charge on any atom is 0.243 e. The number of nitrogens with one attached hydrogen (secondary N) is 1. The molecule has 1 aromatic rings. The van der Waals surface area contributed by atoms with E-state index < -0.39 is 20.7 Å². The summed E-state index contributed by atoms with van der Waals surface area (Å²) in [7, 11) is -3.96. The molecule has 1 aromatic carbocycles. The molecule has 1 heterocycles. The Morgan fingerprint density at radius 3 is 2.86 bits per heavy atom. The molecule has 118 valence electrons. The Morgan fingerprint density at radius 2 is 2.24 bits per heavy atom. The average molecular weight is 336 g/mol. The minimum Gasteiger partial charge on any atom is -0.399 e. The molecule has 1 saturated heterocycles. The van der Waals surface area contributed by atoms with E-state index in [1.165, 1.54) is 6.07 Å². The largest absolute Gasteiger partial charge is 0.399 e. The van der Waals surface area contributed by atoms with Crippen LogP contribution >= 0.6 is 11.6 Å². The first-order valence-corrected chi connectivity index (χ1v) is 8.66. The number of halogens is 2. The van der Waals surface area contributed by atoms with Gasteiger partial charge in [0.05, 0.1) is 5.02 Å². The number of nitrogens with zero attached hydrogens (tertiary/aromatic N) is 1. The number of rotatable bonds is 5. The lowest BCUT2D eigenvalue weighted by atomic mass is 10.1. The van der Waals surface area contributed by atoms with Crippen LogP contribution in [0.2, 0.25) is 5.02 Å². The fourth-order valence-corrected chi connectivity index (χ4v) is 3.98. The molecule has 2 rings (SSSR count). The summed E-state index contributed by atoms with van der Waals surface area (Å²) in [6.07, 6.45) is 0.927. The standard InChI is InChI=1S/C13H19ClFN3O2S/c1-2-18-4-3-9(8-18)7-17-21(19,20)12-6-10(16)5-11(14)13(12)15/h5-6,9,17H,2-4,7-8,16H2,1H3. The first-order valence-electron chi connectivity index (χ1n) is 6.80. The molecule has 1 aliphatic heterocycles. The fraction of sp³-hybridized carbons (Fsp3) is 0.538. The smallest absolute Gasteiger partial charge is 0.243 e. The summed E-state index contributed by atoms with van der Waals surface area (Å²) >= 11 is 5.64. The van der Waals surface area contributed by atoms with Gasteiger partial charge in [-0.15, -0.1) is 0 Å². The molecule has 1 unspecified atom stereocenters. The van der Waals surface area contributed by atoms with E-state index in [0.29, 0.717) is 0 Å². The Bertz CT molecular complexity index is 624. The monoisotopic (exact) mass is 335 g/mol. The molecule has 3 N–H and O–H groups in total. The minimum atomic E-state index is -3.96. The molecule has 21 heavy (non-hydrogen) atoms. The number of hydrogen-bond acceptors (Lipinski definition) is 4. The SMILES string of the molecule is CCN1CCC(CNS(=O)(=O)c2cc(N)cc(Cl)c2F)C1. The van der Waals surface area contributed by atoms with Crippen LogP contribution in [0, 0.1) is 11.7 Å². The highest BCUT2D eigenvalue weighted by Gasteiger charge is 2.26. The number of benzene rings is 1. The summed E-state index contributed by atoms with van der Waals surface area (Å²) in [5, 5.41) is -0.298. The van der Waals surface area contributed by atoms with Gasteiger partial charge in [0, 0.05) is 18.8 Å². The zero-order valence-electron chi connectivity index (χ0n) is 11.8. The molecule has 1 fully saturated rings.